The third-order valence-corrected chi connectivity index (χ3v) is 10.1. The maximum absolute atomic E-state index is 14.4. The molecule has 0 aliphatic carbocycles. The second-order valence-corrected chi connectivity index (χ2v) is 13.6. The van der Waals surface area contributed by atoms with Crippen LogP contribution in [0.15, 0.2) is 91.0 Å². The van der Waals surface area contributed by atoms with E-state index in [9.17, 15) is 24.0 Å². The molecule has 0 radical (unpaired) electrons. The topological polar surface area (TPSA) is 122 Å². The van der Waals surface area contributed by atoms with Gasteiger partial charge in [-0.1, -0.05) is 91.0 Å². The molecular weight excluding hydrogens is 639 g/mol. The molecule has 10 nitrogen and oxygen atoms in total. The summed E-state index contributed by atoms with van der Waals surface area (Å²) in [4.78, 5) is 70.5. The number of thioether (sulfide) groups is 2. The molecule has 0 spiro atoms. The van der Waals surface area contributed by atoms with E-state index in [1.807, 2.05) is 66.7 Å². The van der Waals surface area contributed by atoms with Crippen molar-refractivity contribution in [2.24, 2.45) is 5.92 Å². The Kier molecular flexibility index (Phi) is 11.6. The number of nitrogens with one attached hydrogen (secondary N) is 1. The molecule has 12 heteroatoms. The van der Waals surface area contributed by atoms with Crippen LogP contribution in [0.4, 0.5) is 4.79 Å². The summed E-state index contributed by atoms with van der Waals surface area (Å²) >= 11 is 2.91. The fourth-order valence-corrected chi connectivity index (χ4v) is 7.90. The van der Waals surface area contributed by atoms with Gasteiger partial charge in [-0.25, -0.2) is 9.59 Å². The number of carbonyl (C=O) groups is 5. The number of rotatable bonds is 11. The minimum Gasteiger partial charge on any atom is -0.457 e. The van der Waals surface area contributed by atoms with Crippen LogP contribution in [0.3, 0.4) is 0 Å². The number of hydrogen-bond donors (Lipinski definition) is 1. The van der Waals surface area contributed by atoms with Gasteiger partial charge in [0.05, 0.1) is 12.0 Å². The van der Waals surface area contributed by atoms with Crippen LogP contribution in [0.5, 0.6) is 0 Å². The van der Waals surface area contributed by atoms with Crippen molar-refractivity contribution < 1.29 is 33.4 Å². The molecule has 0 bridgehead atoms. The number of amides is 3. The lowest BCUT2D eigenvalue weighted by atomic mass is 9.94. The first-order valence-corrected chi connectivity index (χ1v) is 17.6. The number of Topliss-reactive ketones (excluding diaryl/α,β-unsaturated/α-hetero) is 1. The highest BCUT2D eigenvalue weighted by atomic mass is 32.2. The molecule has 246 valence electrons. The van der Waals surface area contributed by atoms with Crippen LogP contribution < -0.4 is 5.32 Å². The van der Waals surface area contributed by atoms with Gasteiger partial charge in [-0.05, 0) is 37.0 Å². The van der Waals surface area contributed by atoms with Crippen molar-refractivity contribution in [2.45, 2.75) is 50.6 Å². The zero-order valence-electron chi connectivity index (χ0n) is 26.2. The number of carbonyl (C=O) groups excluding carboxylic acids is 5. The molecule has 2 heterocycles. The van der Waals surface area contributed by atoms with Crippen molar-refractivity contribution in [2.75, 3.05) is 17.4 Å². The van der Waals surface area contributed by atoms with E-state index in [1.165, 1.54) is 28.4 Å². The summed E-state index contributed by atoms with van der Waals surface area (Å²) in [6, 6.07) is 26.8. The van der Waals surface area contributed by atoms with Gasteiger partial charge in [0.1, 0.15) is 30.1 Å². The zero-order valence-corrected chi connectivity index (χ0v) is 27.8. The maximum Gasteiger partial charge on any atom is 0.411 e. The number of ether oxygens (including phenoxy) is 2. The molecule has 3 aromatic carbocycles. The van der Waals surface area contributed by atoms with Gasteiger partial charge in [0.15, 0.2) is 0 Å². The Hall–Kier alpha value is -4.29. The Morgan fingerprint density at radius 2 is 1.47 bits per heavy atom. The van der Waals surface area contributed by atoms with Crippen LogP contribution in [0.25, 0.3) is 0 Å². The van der Waals surface area contributed by atoms with E-state index in [4.69, 9.17) is 9.47 Å². The Morgan fingerprint density at radius 3 is 2.11 bits per heavy atom. The molecule has 2 aliphatic heterocycles. The van der Waals surface area contributed by atoms with Crippen molar-refractivity contribution in [1.82, 2.24) is 15.1 Å². The number of hydrogen-bond acceptors (Lipinski definition) is 9. The average Bonchev–Trinajstić information content (AvgIpc) is 3.75. The first kappa shape index (κ1) is 34.1. The van der Waals surface area contributed by atoms with Crippen molar-refractivity contribution in [3.8, 4) is 0 Å². The van der Waals surface area contributed by atoms with Crippen LogP contribution in [0.1, 0.15) is 35.9 Å². The Balaban J connectivity index is 1.38. The van der Waals surface area contributed by atoms with Gasteiger partial charge in [0.25, 0.3) is 5.78 Å². The van der Waals surface area contributed by atoms with Gasteiger partial charge in [-0.3, -0.25) is 19.3 Å². The van der Waals surface area contributed by atoms with Gasteiger partial charge >= 0.3 is 12.1 Å². The summed E-state index contributed by atoms with van der Waals surface area (Å²) in [7, 11) is 0. The molecule has 0 saturated carbocycles. The van der Waals surface area contributed by atoms with Crippen molar-refractivity contribution in [3.05, 3.63) is 108 Å². The summed E-state index contributed by atoms with van der Waals surface area (Å²) < 4.78 is 10.7. The maximum atomic E-state index is 14.4. The SMILES string of the molecule is CC(C)OC(=O)C(=O)[C@H](Cc1ccccc1)C(=O)N[C@H]1CS[C@H](c2ccccc2)N1C(=O)[C@@H]1CSCN1C(=O)OCc1ccccc1. The average molecular weight is 676 g/mol. The predicted octanol–water partition coefficient (Wildman–Crippen LogP) is 4.79. The highest BCUT2D eigenvalue weighted by Gasteiger charge is 2.47. The van der Waals surface area contributed by atoms with E-state index >= 15 is 0 Å². The molecule has 0 aromatic heterocycles. The second kappa shape index (κ2) is 16.0. The molecule has 5 rings (SSSR count). The highest BCUT2D eigenvalue weighted by molar-refractivity contribution is 8.00. The summed E-state index contributed by atoms with van der Waals surface area (Å²) in [5.41, 5.74) is 2.38. The van der Waals surface area contributed by atoms with E-state index in [-0.39, 0.29) is 24.8 Å². The van der Waals surface area contributed by atoms with Crippen molar-refractivity contribution in [3.63, 3.8) is 0 Å². The molecule has 47 heavy (non-hydrogen) atoms. The summed E-state index contributed by atoms with van der Waals surface area (Å²) in [6.45, 7) is 3.33. The Morgan fingerprint density at radius 1 is 0.851 bits per heavy atom. The monoisotopic (exact) mass is 675 g/mol. The van der Waals surface area contributed by atoms with Crippen LogP contribution in [0, 0.1) is 5.92 Å². The second-order valence-electron chi connectivity index (χ2n) is 11.5. The zero-order chi connectivity index (χ0) is 33.3. The fraction of sp³-hybridized carbons (Fsp3) is 0.343. The van der Waals surface area contributed by atoms with E-state index in [2.05, 4.69) is 5.32 Å². The number of benzene rings is 3. The quantitative estimate of drug-likeness (QED) is 0.174. The lowest BCUT2D eigenvalue weighted by Gasteiger charge is -2.34. The minimum absolute atomic E-state index is 0.0189. The fourth-order valence-electron chi connectivity index (χ4n) is 5.40. The van der Waals surface area contributed by atoms with Crippen molar-refractivity contribution >= 4 is 53.2 Å². The third kappa shape index (κ3) is 8.55. The highest BCUT2D eigenvalue weighted by Crippen LogP contribution is 2.42. The van der Waals surface area contributed by atoms with Crippen LogP contribution >= 0.6 is 23.5 Å². The predicted molar refractivity (Wildman–Crippen MR) is 180 cm³/mol. The number of nitrogens with zero attached hydrogens (tertiary/aromatic N) is 2. The molecular formula is C35H37N3O7S2. The molecule has 2 fully saturated rings. The lowest BCUT2D eigenvalue weighted by Crippen LogP contribution is -2.57. The standard InChI is InChI=1S/C35H37N3O7S2/c1-23(2)45-34(42)30(39)27(18-24-12-6-3-7-13-24)31(40)36-29-21-47-33(26-16-10-5-11-17-26)38(29)32(41)28-20-46-22-37(28)35(43)44-19-25-14-8-4-9-15-25/h3-17,23,27-29,33H,18-22H2,1-2H3,(H,36,40)/t27-,28-,29+,33+/m0/s1. The molecule has 2 saturated heterocycles. The van der Waals surface area contributed by atoms with Gasteiger partial charge in [0, 0.05) is 11.5 Å². The third-order valence-electron chi connectivity index (χ3n) is 7.72. The first-order chi connectivity index (χ1) is 22.7. The van der Waals surface area contributed by atoms with Gasteiger partial charge in [-0.2, -0.15) is 0 Å². The lowest BCUT2D eigenvalue weighted by molar-refractivity contribution is -0.160. The van der Waals surface area contributed by atoms with Gasteiger partial charge in [-0.15, -0.1) is 23.5 Å². The molecule has 4 atom stereocenters. The normalized spacial score (nSPS) is 19.7. The Labute approximate surface area is 282 Å². The summed E-state index contributed by atoms with van der Waals surface area (Å²) in [6.07, 6.45) is -1.97. The smallest absolute Gasteiger partial charge is 0.411 e. The molecule has 3 amide bonds. The Bertz CT molecular complexity index is 1560. The summed E-state index contributed by atoms with van der Waals surface area (Å²) in [5, 5.41) is 2.45. The van der Waals surface area contributed by atoms with Crippen LogP contribution in [-0.4, -0.2) is 75.2 Å². The van der Waals surface area contributed by atoms with E-state index in [0.717, 1.165) is 11.1 Å². The minimum atomic E-state index is -1.37. The largest absolute Gasteiger partial charge is 0.457 e. The van der Waals surface area contributed by atoms with E-state index < -0.39 is 53.4 Å². The van der Waals surface area contributed by atoms with Crippen LogP contribution in [0.2, 0.25) is 0 Å². The van der Waals surface area contributed by atoms with Crippen molar-refractivity contribution in [1.29, 1.82) is 0 Å². The summed E-state index contributed by atoms with van der Waals surface area (Å²) in [5.74, 6) is -3.46. The molecule has 3 aromatic rings. The van der Waals surface area contributed by atoms with Gasteiger partial charge < -0.3 is 19.7 Å². The molecule has 1 N–H and O–H groups in total. The molecule has 2 aliphatic rings. The number of esters is 1. The van der Waals surface area contributed by atoms with Crippen LogP contribution in [-0.2, 0) is 41.7 Å². The van der Waals surface area contributed by atoms with E-state index in [0.29, 0.717) is 17.1 Å². The molecule has 0 unspecified atom stereocenters. The van der Waals surface area contributed by atoms with E-state index in [1.54, 1.807) is 43.0 Å². The van der Waals surface area contributed by atoms with Gasteiger partial charge in [0.2, 0.25) is 11.8 Å². The first-order valence-electron chi connectivity index (χ1n) is 15.4. The number of ketones is 1.